The Kier molecular flexibility index (Phi) is 1.28. The van der Waals surface area contributed by atoms with Crippen LogP contribution in [0, 0.1) is 17.8 Å². The standard InChI is InChI=1S/C7H11I/c8-4-5-1-6-3-7(6)2-5/h5-7H,1-4H2. The zero-order valence-electron chi connectivity index (χ0n) is 4.94. The molecule has 0 bridgehead atoms. The molecule has 0 aliphatic heterocycles. The van der Waals surface area contributed by atoms with Gasteiger partial charge in [0, 0.05) is 4.43 Å². The number of rotatable bonds is 1. The van der Waals surface area contributed by atoms with E-state index in [0.29, 0.717) is 0 Å². The second kappa shape index (κ2) is 1.86. The summed E-state index contributed by atoms with van der Waals surface area (Å²) >= 11 is 2.52. The maximum absolute atomic E-state index is 2.52. The minimum atomic E-state index is 1.11. The van der Waals surface area contributed by atoms with Crippen molar-refractivity contribution in [3.05, 3.63) is 0 Å². The molecule has 2 aliphatic carbocycles. The average Bonchev–Trinajstić information content (AvgIpc) is 2.40. The number of halogens is 1. The van der Waals surface area contributed by atoms with Gasteiger partial charge in [-0.2, -0.15) is 0 Å². The Morgan fingerprint density at radius 3 is 2.12 bits per heavy atom. The largest absolute Gasteiger partial charge is 0.0861 e. The molecule has 0 aromatic carbocycles. The summed E-state index contributed by atoms with van der Waals surface area (Å²) in [4.78, 5) is 0. The van der Waals surface area contributed by atoms with Crippen LogP contribution in [0.4, 0.5) is 0 Å². The third-order valence-corrected chi connectivity index (χ3v) is 3.81. The lowest BCUT2D eigenvalue weighted by atomic mass is 10.1. The van der Waals surface area contributed by atoms with Crippen LogP contribution in [0.5, 0.6) is 0 Å². The number of alkyl halides is 1. The highest BCUT2D eigenvalue weighted by Gasteiger charge is 2.44. The van der Waals surface area contributed by atoms with Gasteiger partial charge in [-0.1, -0.05) is 22.6 Å². The number of fused-ring (bicyclic) bond motifs is 1. The van der Waals surface area contributed by atoms with Crippen molar-refractivity contribution in [2.45, 2.75) is 19.3 Å². The van der Waals surface area contributed by atoms with E-state index in [0.717, 1.165) is 5.92 Å². The molecular formula is C7H11I. The van der Waals surface area contributed by atoms with Crippen LogP contribution in [-0.2, 0) is 0 Å². The van der Waals surface area contributed by atoms with Crippen LogP contribution in [0.2, 0.25) is 0 Å². The molecule has 2 saturated carbocycles. The van der Waals surface area contributed by atoms with Crippen molar-refractivity contribution < 1.29 is 0 Å². The van der Waals surface area contributed by atoms with Gasteiger partial charge in [0.1, 0.15) is 0 Å². The van der Waals surface area contributed by atoms with Gasteiger partial charge in [0.15, 0.2) is 0 Å². The fourth-order valence-corrected chi connectivity index (χ4v) is 2.69. The molecule has 0 nitrogen and oxygen atoms in total. The van der Waals surface area contributed by atoms with Gasteiger partial charge in [0.25, 0.3) is 0 Å². The zero-order chi connectivity index (χ0) is 5.56. The second-order valence-electron chi connectivity index (χ2n) is 3.25. The average molecular weight is 222 g/mol. The molecule has 0 amide bonds. The quantitative estimate of drug-likeness (QED) is 0.472. The van der Waals surface area contributed by atoms with Gasteiger partial charge in [-0.25, -0.2) is 0 Å². The SMILES string of the molecule is ICC1CC2CC2C1. The smallest absolute Gasteiger partial charge is 0.00239 e. The molecule has 46 valence electrons. The first-order valence-corrected chi connectivity index (χ1v) is 4.98. The summed E-state index contributed by atoms with van der Waals surface area (Å²) in [6.45, 7) is 0. The summed E-state index contributed by atoms with van der Waals surface area (Å²) < 4.78 is 1.41. The molecule has 0 spiro atoms. The van der Waals surface area contributed by atoms with Crippen LogP contribution in [0.25, 0.3) is 0 Å². The van der Waals surface area contributed by atoms with E-state index >= 15 is 0 Å². The lowest BCUT2D eigenvalue weighted by molar-refractivity contribution is 0.551. The maximum atomic E-state index is 2.52. The van der Waals surface area contributed by atoms with E-state index in [1.807, 2.05) is 0 Å². The summed E-state index contributed by atoms with van der Waals surface area (Å²) in [5.74, 6) is 3.49. The Morgan fingerprint density at radius 1 is 1.12 bits per heavy atom. The molecule has 2 fully saturated rings. The minimum absolute atomic E-state index is 1.11. The lowest BCUT2D eigenvalue weighted by Crippen LogP contribution is -1.96. The predicted molar refractivity (Wildman–Crippen MR) is 43.2 cm³/mol. The maximum Gasteiger partial charge on any atom is 0.00239 e. The third kappa shape index (κ3) is 0.789. The lowest BCUT2D eigenvalue weighted by Gasteiger charge is -2.03. The third-order valence-electron chi connectivity index (χ3n) is 2.56. The first-order valence-electron chi connectivity index (χ1n) is 3.46. The topological polar surface area (TPSA) is 0 Å². The van der Waals surface area contributed by atoms with E-state index < -0.39 is 0 Å². The second-order valence-corrected chi connectivity index (χ2v) is 4.13. The van der Waals surface area contributed by atoms with Gasteiger partial charge in [0.2, 0.25) is 0 Å². The molecule has 0 saturated heterocycles. The Morgan fingerprint density at radius 2 is 1.75 bits per heavy atom. The highest BCUT2D eigenvalue weighted by atomic mass is 127. The van der Waals surface area contributed by atoms with Crippen LogP contribution in [0.15, 0.2) is 0 Å². The molecule has 0 aromatic rings. The first-order chi connectivity index (χ1) is 3.90. The summed E-state index contributed by atoms with van der Waals surface area (Å²) in [6, 6.07) is 0. The molecule has 0 aromatic heterocycles. The normalized spacial score (nSPS) is 51.4. The molecule has 0 N–H and O–H groups in total. The van der Waals surface area contributed by atoms with Crippen molar-refractivity contribution in [3.63, 3.8) is 0 Å². The Hall–Kier alpha value is 0.730. The van der Waals surface area contributed by atoms with Gasteiger partial charge in [0.05, 0.1) is 0 Å². The summed E-state index contributed by atoms with van der Waals surface area (Å²) in [7, 11) is 0. The summed E-state index contributed by atoms with van der Waals surface area (Å²) in [5.41, 5.74) is 0. The Balaban J connectivity index is 1.89. The van der Waals surface area contributed by atoms with Crippen molar-refractivity contribution in [1.82, 2.24) is 0 Å². The molecule has 0 radical (unpaired) electrons. The van der Waals surface area contributed by atoms with Gasteiger partial charge in [-0.15, -0.1) is 0 Å². The van der Waals surface area contributed by atoms with Crippen LogP contribution < -0.4 is 0 Å². The van der Waals surface area contributed by atoms with Crippen molar-refractivity contribution in [2.75, 3.05) is 4.43 Å². The van der Waals surface area contributed by atoms with Crippen molar-refractivity contribution >= 4 is 22.6 Å². The molecule has 2 rings (SSSR count). The molecule has 0 heterocycles. The van der Waals surface area contributed by atoms with Crippen LogP contribution in [0.1, 0.15) is 19.3 Å². The van der Waals surface area contributed by atoms with E-state index in [4.69, 9.17) is 0 Å². The molecule has 2 atom stereocenters. The Bertz CT molecular complexity index is 90.6. The van der Waals surface area contributed by atoms with Crippen molar-refractivity contribution in [1.29, 1.82) is 0 Å². The van der Waals surface area contributed by atoms with Gasteiger partial charge >= 0.3 is 0 Å². The minimum Gasteiger partial charge on any atom is -0.0861 e. The highest BCUT2D eigenvalue weighted by molar-refractivity contribution is 14.1. The van der Waals surface area contributed by atoms with Crippen LogP contribution in [0.3, 0.4) is 0 Å². The van der Waals surface area contributed by atoms with Crippen LogP contribution in [-0.4, -0.2) is 4.43 Å². The van der Waals surface area contributed by atoms with E-state index in [-0.39, 0.29) is 0 Å². The van der Waals surface area contributed by atoms with Crippen molar-refractivity contribution in [2.24, 2.45) is 17.8 Å². The van der Waals surface area contributed by atoms with E-state index in [1.165, 1.54) is 16.3 Å². The molecule has 1 heteroatoms. The van der Waals surface area contributed by atoms with Gasteiger partial charge in [-0.05, 0) is 37.0 Å². The first kappa shape index (κ1) is 5.51. The molecule has 8 heavy (non-hydrogen) atoms. The fraction of sp³-hybridized carbons (Fsp3) is 1.00. The zero-order valence-corrected chi connectivity index (χ0v) is 7.10. The van der Waals surface area contributed by atoms with Gasteiger partial charge in [-0.3, -0.25) is 0 Å². The highest BCUT2D eigenvalue weighted by Crippen LogP contribution is 2.54. The van der Waals surface area contributed by atoms with Crippen LogP contribution >= 0.6 is 22.6 Å². The predicted octanol–water partition coefficient (Wildman–Crippen LogP) is 2.47. The summed E-state index contributed by atoms with van der Waals surface area (Å²) in [6.07, 6.45) is 4.70. The number of hydrogen-bond donors (Lipinski definition) is 0. The summed E-state index contributed by atoms with van der Waals surface area (Å²) in [5, 5.41) is 0. The monoisotopic (exact) mass is 222 g/mol. The molecule has 2 aliphatic rings. The Labute approximate surface area is 64.2 Å². The van der Waals surface area contributed by atoms with E-state index in [2.05, 4.69) is 22.6 Å². The van der Waals surface area contributed by atoms with E-state index in [1.54, 1.807) is 19.3 Å². The number of hydrogen-bond acceptors (Lipinski definition) is 0. The van der Waals surface area contributed by atoms with Crippen molar-refractivity contribution in [3.8, 4) is 0 Å². The molecular weight excluding hydrogens is 211 g/mol. The van der Waals surface area contributed by atoms with Gasteiger partial charge < -0.3 is 0 Å². The van der Waals surface area contributed by atoms with E-state index in [9.17, 15) is 0 Å². The fourth-order valence-electron chi connectivity index (χ4n) is 1.97. The molecule has 2 unspecified atom stereocenters.